The molecule has 0 saturated carbocycles. The molecule has 2 heterocycles. The normalized spacial score (nSPS) is 16.5. The first-order valence-electron chi connectivity index (χ1n) is 9.21. The number of urea groups is 1. The summed E-state index contributed by atoms with van der Waals surface area (Å²) in [5.74, 6) is 0.659. The van der Waals surface area contributed by atoms with Gasteiger partial charge in [0.15, 0.2) is 0 Å². The Morgan fingerprint density at radius 2 is 1.74 bits per heavy atom. The summed E-state index contributed by atoms with van der Waals surface area (Å²) in [6, 6.07) is 15.5. The molecule has 27 heavy (non-hydrogen) atoms. The lowest BCUT2D eigenvalue weighted by molar-refractivity contribution is -0.132. The smallest absolute Gasteiger partial charge is 0.325 e. The molecule has 140 valence electrons. The third-order valence-corrected chi connectivity index (χ3v) is 5.28. The van der Waals surface area contributed by atoms with E-state index in [1.54, 1.807) is 16.9 Å². The molecule has 0 atom stereocenters. The van der Waals surface area contributed by atoms with Gasteiger partial charge in [0.1, 0.15) is 12.3 Å². The number of anilines is 1. The Morgan fingerprint density at radius 1 is 1.00 bits per heavy atom. The van der Waals surface area contributed by atoms with Crippen molar-refractivity contribution >= 4 is 17.6 Å². The van der Waals surface area contributed by atoms with E-state index in [1.165, 1.54) is 11.1 Å². The van der Waals surface area contributed by atoms with Crippen LogP contribution in [0.4, 0.5) is 10.5 Å². The fraction of sp³-hybridized carbons (Fsp3) is 0.333. The summed E-state index contributed by atoms with van der Waals surface area (Å²) in [4.78, 5) is 30.7. The number of rotatable bonds is 4. The van der Waals surface area contributed by atoms with Crippen LogP contribution < -0.4 is 9.64 Å². The fourth-order valence-electron chi connectivity index (χ4n) is 3.78. The number of methoxy groups -OCH3 is 1. The summed E-state index contributed by atoms with van der Waals surface area (Å²) in [5.41, 5.74) is 3.24. The maximum absolute atomic E-state index is 12.8. The Hall–Kier alpha value is -3.02. The number of fused-ring (bicyclic) bond motifs is 1. The third kappa shape index (κ3) is 3.35. The quantitative estimate of drug-likeness (QED) is 0.837. The highest BCUT2D eigenvalue weighted by molar-refractivity contribution is 5.97. The van der Waals surface area contributed by atoms with E-state index in [-0.39, 0.29) is 18.5 Å². The van der Waals surface area contributed by atoms with Gasteiger partial charge >= 0.3 is 6.03 Å². The molecule has 0 unspecified atom stereocenters. The first-order chi connectivity index (χ1) is 13.2. The van der Waals surface area contributed by atoms with Crippen LogP contribution >= 0.6 is 0 Å². The molecule has 2 aliphatic rings. The first-order valence-corrected chi connectivity index (χ1v) is 9.21. The molecular formula is C21H23N3O3. The molecule has 0 aliphatic carbocycles. The van der Waals surface area contributed by atoms with Crippen LogP contribution in [0.3, 0.4) is 0 Å². The van der Waals surface area contributed by atoms with Gasteiger partial charge < -0.3 is 14.5 Å². The highest BCUT2D eigenvalue weighted by Crippen LogP contribution is 2.30. The SMILES string of the molecule is COc1ccccc1N1CCN(CC(=O)N2CCc3ccccc3C2)C1=O. The topological polar surface area (TPSA) is 53.1 Å². The van der Waals surface area contributed by atoms with E-state index in [2.05, 4.69) is 12.1 Å². The monoisotopic (exact) mass is 365 g/mol. The molecule has 2 aromatic carbocycles. The minimum Gasteiger partial charge on any atom is -0.495 e. The lowest BCUT2D eigenvalue weighted by Gasteiger charge is -2.30. The molecule has 2 aromatic rings. The van der Waals surface area contributed by atoms with Gasteiger partial charge in [-0.25, -0.2) is 4.79 Å². The van der Waals surface area contributed by atoms with Crippen LogP contribution in [0.1, 0.15) is 11.1 Å². The summed E-state index contributed by atoms with van der Waals surface area (Å²) >= 11 is 0. The van der Waals surface area contributed by atoms with Crippen LogP contribution in [-0.2, 0) is 17.8 Å². The number of amides is 3. The van der Waals surface area contributed by atoms with Gasteiger partial charge in [-0.2, -0.15) is 0 Å². The summed E-state index contributed by atoms with van der Waals surface area (Å²) < 4.78 is 5.36. The van der Waals surface area contributed by atoms with E-state index in [4.69, 9.17) is 4.74 Å². The lowest BCUT2D eigenvalue weighted by atomic mass is 10.00. The Balaban J connectivity index is 1.42. The molecule has 3 amide bonds. The molecule has 2 aliphatic heterocycles. The van der Waals surface area contributed by atoms with E-state index >= 15 is 0 Å². The molecule has 0 radical (unpaired) electrons. The standard InChI is InChI=1S/C21H23N3O3/c1-27-19-9-5-4-8-18(19)24-13-12-23(21(24)26)15-20(25)22-11-10-16-6-2-3-7-17(16)14-22/h2-9H,10-15H2,1H3. The number of carbonyl (C=O) groups is 2. The highest BCUT2D eigenvalue weighted by atomic mass is 16.5. The molecular weight excluding hydrogens is 342 g/mol. The minimum atomic E-state index is -0.148. The van der Waals surface area contributed by atoms with Crippen molar-refractivity contribution in [2.24, 2.45) is 0 Å². The number of benzene rings is 2. The second-order valence-electron chi connectivity index (χ2n) is 6.86. The Labute approximate surface area is 158 Å². The van der Waals surface area contributed by atoms with Crippen molar-refractivity contribution in [2.75, 3.05) is 38.2 Å². The van der Waals surface area contributed by atoms with Crippen LogP contribution in [0.15, 0.2) is 48.5 Å². The van der Waals surface area contributed by atoms with Gasteiger partial charge in [0.2, 0.25) is 5.91 Å². The third-order valence-electron chi connectivity index (χ3n) is 5.28. The number of para-hydroxylation sites is 2. The van der Waals surface area contributed by atoms with Gasteiger partial charge in [-0.1, -0.05) is 36.4 Å². The van der Waals surface area contributed by atoms with Gasteiger partial charge in [0.25, 0.3) is 0 Å². The van der Waals surface area contributed by atoms with Crippen LogP contribution in [-0.4, -0.2) is 55.0 Å². The number of hydrogen-bond acceptors (Lipinski definition) is 3. The van der Waals surface area contributed by atoms with Gasteiger partial charge in [-0.3, -0.25) is 9.69 Å². The number of nitrogens with zero attached hydrogens (tertiary/aromatic N) is 3. The van der Waals surface area contributed by atoms with Gasteiger partial charge in [0.05, 0.1) is 12.8 Å². The molecule has 6 nitrogen and oxygen atoms in total. The van der Waals surface area contributed by atoms with E-state index in [9.17, 15) is 9.59 Å². The molecule has 0 aromatic heterocycles. The van der Waals surface area contributed by atoms with Gasteiger partial charge in [-0.15, -0.1) is 0 Å². The Morgan fingerprint density at radius 3 is 2.56 bits per heavy atom. The summed E-state index contributed by atoms with van der Waals surface area (Å²) in [6.07, 6.45) is 0.864. The fourth-order valence-corrected chi connectivity index (χ4v) is 3.78. The predicted octanol–water partition coefficient (Wildman–Crippen LogP) is 2.52. The molecule has 6 heteroatoms. The van der Waals surface area contributed by atoms with Crippen molar-refractivity contribution in [3.05, 3.63) is 59.7 Å². The second-order valence-corrected chi connectivity index (χ2v) is 6.86. The van der Waals surface area contributed by atoms with Gasteiger partial charge in [-0.05, 0) is 29.7 Å². The zero-order chi connectivity index (χ0) is 18.8. The van der Waals surface area contributed by atoms with Crippen molar-refractivity contribution in [3.8, 4) is 5.75 Å². The molecule has 0 spiro atoms. The summed E-state index contributed by atoms with van der Waals surface area (Å²) in [6.45, 7) is 2.52. The lowest BCUT2D eigenvalue weighted by Crippen LogP contribution is -2.44. The largest absolute Gasteiger partial charge is 0.495 e. The Bertz CT molecular complexity index is 867. The van der Waals surface area contributed by atoms with E-state index in [0.29, 0.717) is 31.9 Å². The average Bonchev–Trinajstić information content (AvgIpc) is 3.07. The first kappa shape index (κ1) is 17.4. The number of ether oxygens (including phenoxy) is 1. The number of hydrogen-bond donors (Lipinski definition) is 0. The van der Waals surface area contributed by atoms with Crippen LogP contribution in [0.2, 0.25) is 0 Å². The van der Waals surface area contributed by atoms with Crippen molar-refractivity contribution in [3.63, 3.8) is 0 Å². The van der Waals surface area contributed by atoms with Crippen molar-refractivity contribution in [1.29, 1.82) is 0 Å². The van der Waals surface area contributed by atoms with Crippen LogP contribution in [0.5, 0.6) is 5.75 Å². The van der Waals surface area contributed by atoms with E-state index < -0.39 is 0 Å². The van der Waals surface area contributed by atoms with Gasteiger partial charge in [0, 0.05) is 26.2 Å². The summed E-state index contributed by atoms with van der Waals surface area (Å²) in [5, 5.41) is 0. The highest BCUT2D eigenvalue weighted by Gasteiger charge is 2.33. The maximum atomic E-state index is 12.8. The molecule has 4 rings (SSSR count). The molecule has 0 bridgehead atoms. The average molecular weight is 365 g/mol. The van der Waals surface area contributed by atoms with Crippen molar-refractivity contribution in [2.45, 2.75) is 13.0 Å². The Kier molecular flexibility index (Phi) is 4.71. The van der Waals surface area contributed by atoms with Crippen molar-refractivity contribution < 1.29 is 14.3 Å². The molecule has 1 saturated heterocycles. The predicted molar refractivity (Wildman–Crippen MR) is 103 cm³/mol. The number of carbonyl (C=O) groups excluding carboxylic acids is 2. The van der Waals surface area contributed by atoms with Crippen molar-refractivity contribution in [1.82, 2.24) is 9.80 Å². The maximum Gasteiger partial charge on any atom is 0.325 e. The zero-order valence-corrected chi connectivity index (χ0v) is 15.4. The second kappa shape index (κ2) is 7.31. The van der Waals surface area contributed by atoms with Crippen LogP contribution in [0, 0.1) is 0 Å². The van der Waals surface area contributed by atoms with Crippen LogP contribution in [0.25, 0.3) is 0 Å². The van der Waals surface area contributed by atoms with E-state index in [1.807, 2.05) is 41.3 Å². The summed E-state index contributed by atoms with van der Waals surface area (Å²) in [7, 11) is 1.59. The van der Waals surface area contributed by atoms with E-state index in [0.717, 1.165) is 12.1 Å². The minimum absolute atomic E-state index is 0.000250. The zero-order valence-electron chi connectivity index (χ0n) is 15.4. The molecule has 1 fully saturated rings. The molecule has 0 N–H and O–H groups in total.